The molecule has 1 aliphatic rings. The SMILES string of the molecule is O=C(NO)C1(S(=O)(=O)c2ccc(Oc3ccc(Cc4ccccc4)cc3)cc2)CCOCC1. The quantitative estimate of drug-likeness (QED) is 0.404. The van der Waals surface area contributed by atoms with Crippen molar-refractivity contribution >= 4 is 15.7 Å². The number of sulfone groups is 1. The lowest BCUT2D eigenvalue weighted by Crippen LogP contribution is -2.54. The monoisotopic (exact) mass is 467 g/mol. The summed E-state index contributed by atoms with van der Waals surface area (Å²) >= 11 is 0. The van der Waals surface area contributed by atoms with Crippen LogP contribution in [0.5, 0.6) is 11.5 Å². The highest BCUT2D eigenvalue weighted by molar-refractivity contribution is 7.93. The molecule has 1 heterocycles. The maximum absolute atomic E-state index is 13.3. The summed E-state index contributed by atoms with van der Waals surface area (Å²) in [4.78, 5) is 12.3. The average molecular weight is 468 g/mol. The predicted molar refractivity (Wildman–Crippen MR) is 122 cm³/mol. The average Bonchev–Trinajstić information content (AvgIpc) is 2.86. The number of amides is 1. The molecular formula is C25H25NO6S. The Hall–Kier alpha value is -3.20. The Labute approximate surface area is 192 Å². The zero-order valence-corrected chi connectivity index (χ0v) is 18.8. The van der Waals surface area contributed by atoms with Gasteiger partial charge in [-0.05, 0) is 66.8 Å². The molecule has 7 nitrogen and oxygen atoms in total. The third kappa shape index (κ3) is 4.78. The maximum Gasteiger partial charge on any atom is 0.265 e. The highest BCUT2D eigenvalue weighted by atomic mass is 32.2. The molecule has 33 heavy (non-hydrogen) atoms. The number of nitrogens with one attached hydrogen (secondary N) is 1. The van der Waals surface area contributed by atoms with E-state index >= 15 is 0 Å². The standard InChI is InChI=1S/C25H25NO6S/c27-24(26-28)25(14-16-31-17-15-25)33(29,30)23-12-10-22(11-13-23)32-21-8-6-20(7-9-21)18-19-4-2-1-3-5-19/h1-13,28H,14-18H2,(H,26,27). The molecule has 4 rings (SSSR count). The van der Waals surface area contributed by atoms with Crippen LogP contribution in [0.1, 0.15) is 24.0 Å². The van der Waals surface area contributed by atoms with Crippen molar-refractivity contribution in [2.24, 2.45) is 0 Å². The van der Waals surface area contributed by atoms with Crippen molar-refractivity contribution in [2.45, 2.75) is 28.9 Å². The van der Waals surface area contributed by atoms with Crippen LogP contribution in [0.15, 0.2) is 83.8 Å². The Balaban J connectivity index is 1.48. The van der Waals surface area contributed by atoms with Crippen molar-refractivity contribution in [2.75, 3.05) is 13.2 Å². The molecule has 2 N–H and O–H groups in total. The van der Waals surface area contributed by atoms with Gasteiger partial charge in [-0.1, -0.05) is 42.5 Å². The molecule has 0 atom stereocenters. The van der Waals surface area contributed by atoms with Crippen molar-refractivity contribution in [1.82, 2.24) is 5.48 Å². The van der Waals surface area contributed by atoms with Crippen LogP contribution >= 0.6 is 0 Å². The maximum atomic E-state index is 13.3. The van der Waals surface area contributed by atoms with Gasteiger partial charge in [0, 0.05) is 13.2 Å². The fraction of sp³-hybridized carbons (Fsp3) is 0.240. The van der Waals surface area contributed by atoms with Gasteiger partial charge >= 0.3 is 0 Å². The molecule has 0 saturated carbocycles. The second-order valence-electron chi connectivity index (χ2n) is 7.93. The number of benzene rings is 3. The van der Waals surface area contributed by atoms with Crippen molar-refractivity contribution < 1.29 is 27.9 Å². The number of hydroxylamine groups is 1. The van der Waals surface area contributed by atoms with Crippen LogP contribution in [0, 0.1) is 0 Å². The van der Waals surface area contributed by atoms with Crippen molar-refractivity contribution in [1.29, 1.82) is 0 Å². The van der Waals surface area contributed by atoms with Crippen molar-refractivity contribution in [3.8, 4) is 11.5 Å². The highest BCUT2D eigenvalue weighted by Gasteiger charge is 2.52. The Bertz CT molecular complexity index is 1190. The zero-order valence-electron chi connectivity index (χ0n) is 17.9. The highest BCUT2D eigenvalue weighted by Crippen LogP contribution is 2.36. The van der Waals surface area contributed by atoms with E-state index in [1.807, 2.05) is 42.5 Å². The summed E-state index contributed by atoms with van der Waals surface area (Å²) in [6, 6.07) is 23.8. The Morgan fingerprint density at radius 3 is 2.00 bits per heavy atom. The Kier molecular flexibility index (Phi) is 6.78. The first-order chi connectivity index (χ1) is 15.9. The van der Waals surface area contributed by atoms with E-state index in [0.717, 1.165) is 12.0 Å². The molecule has 0 unspecified atom stereocenters. The Morgan fingerprint density at radius 1 is 0.879 bits per heavy atom. The number of hydrogen-bond acceptors (Lipinski definition) is 6. The first-order valence-electron chi connectivity index (χ1n) is 10.6. The molecule has 1 aliphatic heterocycles. The van der Waals surface area contributed by atoms with Crippen LogP contribution in [0.2, 0.25) is 0 Å². The molecule has 3 aromatic rings. The smallest absolute Gasteiger partial charge is 0.265 e. The van der Waals surface area contributed by atoms with Gasteiger partial charge in [0.2, 0.25) is 0 Å². The minimum absolute atomic E-state index is 0.0152. The second kappa shape index (κ2) is 9.74. The van der Waals surface area contributed by atoms with Crippen LogP contribution in [0.3, 0.4) is 0 Å². The number of rotatable bonds is 7. The molecule has 0 radical (unpaired) electrons. The summed E-state index contributed by atoms with van der Waals surface area (Å²) in [5, 5.41) is 9.15. The summed E-state index contributed by atoms with van der Waals surface area (Å²) in [5.74, 6) is 0.155. The minimum atomic E-state index is -4.07. The number of ether oxygens (including phenoxy) is 2. The molecule has 0 aromatic heterocycles. The molecular weight excluding hydrogens is 442 g/mol. The first-order valence-corrected chi connectivity index (χ1v) is 12.1. The van der Waals surface area contributed by atoms with Gasteiger partial charge in [-0.15, -0.1) is 0 Å². The van der Waals surface area contributed by atoms with E-state index in [1.165, 1.54) is 23.2 Å². The van der Waals surface area contributed by atoms with Crippen LogP contribution in [0.25, 0.3) is 0 Å². The lowest BCUT2D eigenvalue weighted by atomic mass is 9.98. The van der Waals surface area contributed by atoms with Gasteiger partial charge in [-0.3, -0.25) is 10.0 Å². The molecule has 0 spiro atoms. The summed E-state index contributed by atoms with van der Waals surface area (Å²) in [5.41, 5.74) is 3.89. The lowest BCUT2D eigenvalue weighted by molar-refractivity contribution is -0.134. The molecule has 0 aliphatic carbocycles. The van der Waals surface area contributed by atoms with Gasteiger partial charge in [-0.2, -0.15) is 0 Å². The van der Waals surface area contributed by atoms with E-state index in [0.29, 0.717) is 11.5 Å². The van der Waals surface area contributed by atoms with Crippen LogP contribution in [-0.2, 0) is 25.8 Å². The summed E-state index contributed by atoms with van der Waals surface area (Å²) < 4.78 is 35.9. The van der Waals surface area contributed by atoms with Gasteiger partial charge in [0.1, 0.15) is 11.5 Å². The van der Waals surface area contributed by atoms with E-state index in [1.54, 1.807) is 12.1 Å². The predicted octanol–water partition coefficient (Wildman–Crippen LogP) is 3.90. The number of hydrogen-bond donors (Lipinski definition) is 2. The Morgan fingerprint density at radius 2 is 1.42 bits per heavy atom. The van der Waals surface area contributed by atoms with Gasteiger partial charge in [-0.25, -0.2) is 13.9 Å². The molecule has 8 heteroatoms. The third-order valence-corrected chi connectivity index (χ3v) is 8.39. The van der Waals surface area contributed by atoms with Gasteiger partial charge in [0.05, 0.1) is 4.90 Å². The van der Waals surface area contributed by atoms with Crippen LogP contribution in [-0.4, -0.2) is 37.5 Å². The molecule has 1 saturated heterocycles. The summed E-state index contributed by atoms with van der Waals surface area (Å²) in [7, 11) is -4.07. The van der Waals surface area contributed by atoms with Crippen molar-refractivity contribution in [3.63, 3.8) is 0 Å². The fourth-order valence-electron chi connectivity index (χ4n) is 3.98. The number of carbonyl (C=O) groups is 1. The minimum Gasteiger partial charge on any atom is -0.457 e. The van der Waals surface area contributed by atoms with E-state index in [2.05, 4.69) is 12.1 Å². The van der Waals surface area contributed by atoms with Crippen LogP contribution in [0.4, 0.5) is 0 Å². The van der Waals surface area contributed by atoms with Gasteiger partial charge in [0.15, 0.2) is 14.6 Å². The molecule has 1 fully saturated rings. The second-order valence-corrected chi connectivity index (χ2v) is 10.2. The van der Waals surface area contributed by atoms with Gasteiger partial charge in [0.25, 0.3) is 5.91 Å². The normalized spacial score (nSPS) is 15.5. The van der Waals surface area contributed by atoms with Crippen molar-refractivity contribution in [3.05, 3.63) is 90.0 Å². The zero-order chi connectivity index (χ0) is 23.3. The summed E-state index contributed by atoms with van der Waals surface area (Å²) in [6.07, 6.45) is 0.756. The van der Waals surface area contributed by atoms with Gasteiger partial charge < -0.3 is 9.47 Å². The van der Waals surface area contributed by atoms with E-state index in [4.69, 9.17) is 14.7 Å². The lowest BCUT2D eigenvalue weighted by Gasteiger charge is -2.34. The van der Waals surface area contributed by atoms with Crippen LogP contribution < -0.4 is 10.2 Å². The van der Waals surface area contributed by atoms with E-state index in [9.17, 15) is 13.2 Å². The van der Waals surface area contributed by atoms with E-state index < -0.39 is 20.5 Å². The molecule has 172 valence electrons. The van der Waals surface area contributed by atoms with E-state index in [-0.39, 0.29) is 31.0 Å². The number of carbonyl (C=O) groups excluding carboxylic acids is 1. The first kappa shape index (κ1) is 23.0. The largest absolute Gasteiger partial charge is 0.457 e. The molecule has 1 amide bonds. The summed E-state index contributed by atoms with van der Waals surface area (Å²) in [6.45, 7) is 0.238. The third-order valence-electron chi connectivity index (χ3n) is 5.87. The fourth-order valence-corrected chi connectivity index (χ4v) is 5.92. The topological polar surface area (TPSA) is 102 Å². The molecule has 0 bridgehead atoms. The molecule has 3 aromatic carbocycles.